The van der Waals surface area contributed by atoms with E-state index < -0.39 is 0 Å². The van der Waals surface area contributed by atoms with Crippen LogP contribution in [0.4, 0.5) is 11.9 Å². The summed E-state index contributed by atoms with van der Waals surface area (Å²) in [5.41, 5.74) is 0.808. The molecule has 3 heterocycles. The zero-order valence-electron chi connectivity index (χ0n) is 16.8. The molecular formula is C22H21N5O2S2. The molecule has 0 radical (unpaired) electrons. The molecule has 0 aliphatic heterocycles. The van der Waals surface area contributed by atoms with Crippen LogP contribution in [-0.4, -0.2) is 27.8 Å². The molecule has 0 fully saturated rings. The number of nitrogens with zero attached hydrogens (tertiary/aromatic N) is 3. The second-order valence-electron chi connectivity index (χ2n) is 6.45. The molecule has 4 rings (SSSR count). The SMILES string of the molecule is COc1ccccc1C=CC(=O)n1nc(NCc2cccs2)nc1NCc1cccs1. The first-order chi connectivity index (χ1) is 15.2. The number of ether oxygens (including phenoxy) is 1. The standard InChI is InChI=1S/C22H21N5O2S2/c1-29-19-9-3-2-6-16(19)10-11-20(28)27-22(24-15-18-8-5-13-31-18)25-21(26-27)23-14-17-7-4-12-30-17/h2-13H,14-15H2,1H3,(H2,23,24,25,26). The lowest BCUT2D eigenvalue weighted by Crippen LogP contribution is -2.14. The highest BCUT2D eigenvalue weighted by atomic mass is 32.1. The first kappa shape index (κ1) is 20.8. The van der Waals surface area contributed by atoms with E-state index in [0.717, 1.165) is 15.3 Å². The molecule has 9 heteroatoms. The third-order valence-corrected chi connectivity index (χ3v) is 6.11. The first-order valence-corrected chi connectivity index (χ1v) is 11.3. The Labute approximate surface area is 188 Å². The topological polar surface area (TPSA) is 81.1 Å². The molecule has 7 nitrogen and oxygen atoms in total. The van der Waals surface area contributed by atoms with E-state index in [4.69, 9.17) is 4.74 Å². The van der Waals surface area contributed by atoms with Crippen molar-refractivity contribution in [2.75, 3.05) is 17.7 Å². The summed E-state index contributed by atoms with van der Waals surface area (Å²) in [6, 6.07) is 15.5. The Morgan fingerprint density at radius 1 is 1.03 bits per heavy atom. The monoisotopic (exact) mass is 451 g/mol. The fourth-order valence-electron chi connectivity index (χ4n) is 2.85. The number of carbonyl (C=O) groups excluding carboxylic acids is 1. The van der Waals surface area contributed by atoms with Gasteiger partial charge in [-0.25, -0.2) is 0 Å². The Bertz CT molecular complexity index is 1150. The van der Waals surface area contributed by atoms with Gasteiger partial charge >= 0.3 is 0 Å². The average Bonchev–Trinajstić information content (AvgIpc) is 3.56. The predicted octanol–water partition coefficient (Wildman–Crippen LogP) is 4.99. The molecule has 3 aromatic heterocycles. The van der Waals surface area contributed by atoms with Gasteiger partial charge in [-0.05, 0) is 35.0 Å². The smallest absolute Gasteiger partial charge is 0.274 e. The quantitative estimate of drug-likeness (QED) is 0.349. The Balaban J connectivity index is 1.53. The van der Waals surface area contributed by atoms with Crippen LogP contribution >= 0.6 is 22.7 Å². The second-order valence-corrected chi connectivity index (χ2v) is 8.51. The van der Waals surface area contributed by atoms with Gasteiger partial charge in [0.2, 0.25) is 11.9 Å². The molecule has 0 bridgehead atoms. The van der Waals surface area contributed by atoms with Crippen LogP contribution in [0.25, 0.3) is 6.08 Å². The van der Waals surface area contributed by atoms with Crippen molar-refractivity contribution in [3.05, 3.63) is 80.7 Å². The summed E-state index contributed by atoms with van der Waals surface area (Å²) in [6.07, 6.45) is 3.18. The lowest BCUT2D eigenvalue weighted by atomic mass is 10.2. The number of methoxy groups -OCH3 is 1. The van der Waals surface area contributed by atoms with Gasteiger partial charge in [0.1, 0.15) is 5.75 Å². The third-order valence-electron chi connectivity index (χ3n) is 4.36. The minimum Gasteiger partial charge on any atom is -0.496 e. The van der Waals surface area contributed by atoms with Gasteiger partial charge in [-0.15, -0.1) is 27.8 Å². The van der Waals surface area contributed by atoms with Crippen LogP contribution in [-0.2, 0) is 13.1 Å². The fraction of sp³-hybridized carbons (Fsp3) is 0.136. The summed E-state index contributed by atoms with van der Waals surface area (Å²) in [5.74, 6) is 1.16. The molecule has 0 saturated carbocycles. The maximum Gasteiger partial charge on any atom is 0.274 e. The number of anilines is 2. The van der Waals surface area contributed by atoms with E-state index in [2.05, 4.69) is 20.7 Å². The van der Waals surface area contributed by atoms with Crippen molar-refractivity contribution in [2.45, 2.75) is 13.1 Å². The van der Waals surface area contributed by atoms with Crippen LogP contribution in [0, 0.1) is 0 Å². The number of aromatic nitrogens is 3. The molecule has 0 saturated heterocycles. The highest BCUT2D eigenvalue weighted by Crippen LogP contribution is 2.20. The van der Waals surface area contributed by atoms with Crippen LogP contribution in [0.5, 0.6) is 5.75 Å². The van der Waals surface area contributed by atoms with Crippen molar-refractivity contribution in [2.24, 2.45) is 0 Å². The van der Waals surface area contributed by atoms with Crippen LogP contribution < -0.4 is 15.4 Å². The minimum absolute atomic E-state index is 0.309. The Morgan fingerprint density at radius 3 is 2.42 bits per heavy atom. The van der Waals surface area contributed by atoms with Gasteiger partial charge < -0.3 is 15.4 Å². The summed E-state index contributed by atoms with van der Waals surface area (Å²) in [4.78, 5) is 19.7. The molecule has 0 amide bonds. The van der Waals surface area contributed by atoms with E-state index in [1.165, 1.54) is 10.8 Å². The second kappa shape index (κ2) is 10.1. The lowest BCUT2D eigenvalue weighted by Gasteiger charge is -2.05. The number of para-hydroxylation sites is 1. The molecule has 4 aromatic rings. The van der Waals surface area contributed by atoms with Crippen molar-refractivity contribution in [3.63, 3.8) is 0 Å². The summed E-state index contributed by atoms with van der Waals surface area (Å²) in [6.45, 7) is 1.15. The molecule has 0 aliphatic rings. The molecule has 158 valence electrons. The summed E-state index contributed by atoms with van der Waals surface area (Å²) >= 11 is 3.28. The van der Waals surface area contributed by atoms with Crippen LogP contribution in [0.15, 0.2) is 65.4 Å². The average molecular weight is 452 g/mol. The number of allylic oxidation sites excluding steroid dienone is 1. The van der Waals surface area contributed by atoms with Crippen molar-refractivity contribution in [1.29, 1.82) is 0 Å². The van der Waals surface area contributed by atoms with Crippen LogP contribution in [0.1, 0.15) is 20.1 Å². The van der Waals surface area contributed by atoms with Gasteiger partial charge in [0, 0.05) is 21.4 Å². The number of hydrogen-bond donors (Lipinski definition) is 2. The Kier molecular flexibility index (Phi) is 6.75. The van der Waals surface area contributed by atoms with E-state index >= 15 is 0 Å². The summed E-state index contributed by atoms with van der Waals surface area (Å²) in [5, 5.41) is 14.8. The molecule has 31 heavy (non-hydrogen) atoms. The molecule has 0 aliphatic carbocycles. The maximum absolute atomic E-state index is 12.9. The van der Waals surface area contributed by atoms with E-state index in [1.807, 2.05) is 59.3 Å². The first-order valence-electron chi connectivity index (χ1n) is 9.58. The normalized spacial score (nSPS) is 11.0. The number of nitrogens with one attached hydrogen (secondary N) is 2. The van der Waals surface area contributed by atoms with Crippen molar-refractivity contribution >= 4 is 46.6 Å². The molecular weight excluding hydrogens is 430 g/mol. The minimum atomic E-state index is -0.309. The number of rotatable bonds is 9. The van der Waals surface area contributed by atoms with E-state index in [9.17, 15) is 4.79 Å². The highest BCUT2D eigenvalue weighted by molar-refractivity contribution is 7.10. The Hall–Kier alpha value is -3.43. The zero-order chi connectivity index (χ0) is 21.5. The van der Waals surface area contributed by atoms with Crippen LogP contribution in [0.3, 0.4) is 0 Å². The van der Waals surface area contributed by atoms with Crippen molar-refractivity contribution in [1.82, 2.24) is 14.8 Å². The number of carbonyl (C=O) groups is 1. The Morgan fingerprint density at radius 2 is 1.74 bits per heavy atom. The molecule has 0 atom stereocenters. The number of thiophene rings is 2. The lowest BCUT2D eigenvalue weighted by molar-refractivity contribution is 0.0957. The van der Waals surface area contributed by atoms with Gasteiger partial charge in [0.05, 0.1) is 20.2 Å². The third kappa shape index (κ3) is 5.39. The molecule has 1 aromatic carbocycles. The van der Waals surface area contributed by atoms with Crippen molar-refractivity contribution < 1.29 is 9.53 Å². The van der Waals surface area contributed by atoms with E-state index in [0.29, 0.717) is 30.7 Å². The van der Waals surface area contributed by atoms with Crippen LogP contribution in [0.2, 0.25) is 0 Å². The highest BCUT2D eigenvalue weighted by Gasteiger charge is 2.15. The zero-order valence-corrected chi connectivity index (χ0v) is 18.5. The largest absolute Gasteiger partial charge is 0.496 e. The van der Waals surface area contributed by atoms with Gasteiger partial charge in [-0.3, -0.25) is 4.79 Å². The van der Waals surface area contributed by atoms with Crippen molar-refractivity contribution in [3.8, 4) is 5.75 Å². The van der Waals surface area contributed by atoms with Gasteiger partial charge in [-0.2, -0.15) is 9.67 Å². The molecule has 0 unspecified atom stereocenters. The fourth-order valence-corrected chi connectivity index (χ4v) is 4.14. The van der Waals surface area contributed by atoms with Gasteiger partial charge in [-0.1, -0.05) is 30.3 Å². The molecule has 2 N–H and O–H groups in total. The molecule has 0 spiro atoms. The summed E-state index contributed by atoms with van der Waals surface area (Å²) < 4.78 is 6.61. The number of hydrogen-bond acceptors (Lipinski definition) is 8. The van der Waals surface area contributed by atoms with E-state index in [-0.39, 0.29) is 5.91 Å². The van der Waals surface area contributed by atoms with Gasteiger partial charge in [0.25, 0.3) is 5.91 Å². The maximum atomic E-state index is 12.9. The van der Waals surface area contributed by atoms with Gasteiger partial charge in [0.15, 0.2) is 0 Å². The predicted molar refractivity (Wildman–Crippen MR) is 126 cm³/mol. The van der Waals surface area contributed by atoms with E-state index in [1.54, 1.807) is 35.9 Å². The summed E-state index contributed by atoms with van der Waals surface area (Å²) in [7, 11) is 1.60. The number of benzene rings is 1.